The van der Waals surface area contributed by atoms with Crippen molar-refractivity contribution in [1.82, 2.24) is 0 Å². The van der Waals surface area contributed by atoms with Gasteiger partial charge in [-0.1, -0.05) is 76.7 Å². The van der Waals surface area contributed by atoms with Gasteiger partial charge in [-0.15, -0.1) is 0 Å². The van der Waals surface area contributed by atoms with Gasteiger partial charge in [0.2, 0.25) is 0 Å². The van der Waals surface area contributed by atoms with E-state index in [9.17, 15) is 0 Å². The summed E-state index contributed by atoms with van der Waals surface area (Å²) in [6.45, 7) is 5.19. The smallest absolute Gasteiger partial charge is 0.120 e. The monoisotopic (exact) mass is 302 g/mol. The average Bonchev–Trinajstić information content (AvgIpc) is 2.54. The maximum Gasteiger partial charge on any atom is 0.120 e. The van der Waals surface area contributed by atoms with E-state index in [4.69, 9.17) is 4.74 Å². The van der Waals surface area contributed by atoms with Gasteiger partial charge in [0.1, 0.15) is 12.4 Å². The summed E-state index contributed by atoms with van der Waals surface area (Å²) in [5.74, 6) is 1.00. The molecule has 0 aliphatic carbocycles. The fourth-order valence-electron chi connectivity index (χ4n) is 2.57. The minimum Gasteiger partial charge on any atom is -0.490 e. The molecule has 0 aliphatic heterocycles. The van der Waals surface area contributed by atoms with E-state index in [0.717, 1.165) is 5.75 Å². The number of unbranched alkanes of at least 4 members (excludes halogenated alkanes) is 7. The highest BCUT2D eigenvalue weighted by molar-refractivity contribution is 5.28. The maximum atomic E-state index is 5.81. The number of hydrogen-bond donors (Lipinski definition) is 0. The number of rotatable bonds is 13. The molecule has 1 rings (SSSR count). The van der Waals surface area contributed by atoms with Crippen molar-refractivity contribution < 1.29 is 4.74 Å². The second-order valence-corrected chi connectivity index (χ2v) is 6.09. The lowest BCUT2D eigenvalue weighted by atomic mass is 10.1. The van der Waals surface area contributed by atoms with E-state index in [-0.39, 0.29) is 0 Å². The minimum absolute atomic E-state index is 0.687. The lowest BCUT2D eigenvalue weighted by Crippen LogP contribution is -1.94. The first kappa shape index (κ1) is 18.8. The molecule has 0 heterocycles. The molecule has 1 heteroatoms. The maximum absolute atomic E-state index is 5.81. The van der Waals surface area contributed by atoms with Gasteiger partial charge in [-0.05, 0) is 43.4 Å². The SMILES string of the molecule is CCCCC/C=C/COc1cccc(CCCCCCC)c1. The summed E-state index contributed by atoms with van der Waals surface area (Å²) in [7, 11) is 0. The Bertz CT molecular complexity index is 395. The fraction of sp³-hybridized carbons (Fsp3) is 0.619. The first-order chi connectivity index (χ1) is 10.9. The topological polar surface area (TPSA) is 9.23 Å². The summed E-state index contributed by atoms with van der Waals surface area (Å²) in [5, 5.41) is 0. The van der Waals surface area contributed by atoms with Crippen molar-refractivity contribution in [1.29, 1.82) is 0 Å². The summed E-state index contributed by atoms with van der Waals surface area (Å²) in [4.78, 5) is 0. The molecule has 0 saturated heterocycles. The highest BCUT2D eigenvalue weighted by Gasteiger charge is 1.97. The lowest BCUT2D eigenvalue weighted by Gasteiger charge is -2.06. The third-order valence-electron chi connectivity index (χ3n) is 3.95. The minimum atomic E-state index is 0.687. The van der Waals surface area contributed by atoms with Gasteiger partial charge in [-0.3, -0.25) is 0 Å². The van der Waals surface area contributed by atoms with Crippen LogP contribution >= 0.6 is 0 Å². The second kappa shape index (κ2) is 13.4. The third-order valence-corrected chi connectivity index (χ3v) is 3.95. The van der Waals surface area contributed by atoms with E-state index in [1.54, 1.807) is 0 Å². The van der Waals surface area contributed by atoms with Crippen molar-refractivity contribution in [2.24, 2.45) is 0 Å². The Balaban J connectivity index is 2.20. The van der Waals surface area contributed by atoms with Crippen LogP contribution in [0.3, 0.4) is 0 Å². The van der Waals surface area contributed by atoms with Crippen molar-refractivity contribution in [2.45, 2.75) is 78.1 Å². The molecule has 0 radical (unpaired) electrons. The van der Waals surface area contributed by atoms with Crippen LogP contribution in [0.25, 0.3) is 0 Å². The molecule has 124 valence electrons. The standard InChI is InChI=1S/C21H34O/c1-3-5-7-9-11-13-18-22-21-17-14-16-20(19-21)15-12-10-8-6-4-2/h11,13-14,16-17,19H,3-10,12,15,18H2,1-2H3/b13-11+. The molecule has 0 atom stereocenters. The molecule has 0 aromatic heterocycles. The van der Waals surface area contributed by atoms with Gasteiger partial charge in [-0.25, -0.2) is 0 Å². The molecule has 0 spiro atoms. The zero-order valence-electron chi connectivity index (χ0n) is 14.7. The molecule has 1 aromatic carbocycles. The van der Waals surface area contributed by atoms with E-state index >= 15 is 0 Å². The highest BCUT2D eigenvalue weighted by atomic mass is 16.5. The van der Waals surface area contributed by atoms with Gasteiger partial charge in [0.25, 0.3) is 0 Å². The number of ether oxygens (including phenoxy) is 1. The van der Waals surface area contributed by atoms with E-state index in [1.807, 2.05) is 0 Å². The molecule has 0 N–H and O–H groups in total. The Labute approximate surface area is 137 Å². The number of allylic oxidation sites excluding steroid dienone is 1. The largest absolute Gasteiger partial charge is 0.490 e. The number of benzene rings is 1. The van der Waals surface area contributed by atoms with Gasteiger partial charge in [0.15, 0.2) is 0 Å². The molecule has 0 amide bonds. The van der Waals surface area contributed by atoms with Gasteiger partial charge in [0.05, 0.1) is 0 Å². The van der Waals surface area contributed by atoms with Crippen molar-refractivity contribution in [2.75, 3.05) is 6.61 Å². The Kier molecular flexibility index (Phi) is 11.5. The highest BCUT2D eigenvalue weighted by Crippen LogP contribution is 2.16. The molecule has 22 heavy (non-hydrogen) atoms. The molecule has 0 fully saturated rings. The Morgan fingerprint density at radius 3 is 2.45 bits per heavy atom. The van der Waals surface area contributed by atoms with Crippen LogP contribution in [-0.4, -0.2) is 6.61 Å². The summed E-state index contributed by atoms with van der Waals surface area (Å²) in [6, 6.07) is 8.59. The zero-order valence-corrected chi connectivity index (χ0v) is 14.7. The lowest BCUT2D eigenvalue weighted by molar-refractivity contribution is 0.362. The predicted octanol–water partition coefficient (Wildman–Crippen LogP) is 6.71. The molecule has 0 aliphatic rings. The summed E-state index contributed by atoms with van der Waals surface area (Å²) in [6.07, 6.45) is 17.3. The van der Waals surface area contributed by atoms with E-state index < -0.39 is 0 Å². The van der Waals surface area contributed by atoms with E-state index in [2.05, 4.69) is 50.3 Å². The Morgan fingerprint density at radius 2 is 1.64 bits per heavy atom. The zero-order chi connectivity index (χ0) is 15.9. The normalized spacial score (nSPS) is 11.2. The predicted molar refractivity (Wildman–Crippen MR) is 97.7 cm³/mol. The van der Waals surface area contributed by atoms with E-state index in [0.29, 0.717) is 6.61 Å². The van der Waals surface area contributed by atoms with Crippen molar-refractivity contribution >= 4 is 0 Å². The molecule has 0 unspecified atom stereocenters. The molecular formula is C21H34O. The van der Waals surface area contributed by atoms with Crippen LogP contribution in [-0.2, 0) is 6.42 Å². The summed E-state index contributed by atoms with van der Waals surface area (Å²) < 4.78 is 5.81. The molecule has 1 nitrogen and oxygen atoms in total. The Morgan fingerprint density at radius 1 is 0.864 bits per heavy atom. The number of hydrogen-bond acceptors (Lipinski definition) is 1. The number of aryl methyl sites for hydroxylation is 1. The average molecular weight is 303 g/mol. The van der Waals surface area contributed by atoms with Crippen molar-refractivity contribution in [3.63, 3.8) is 0 Å². The molecule has 0 saturated carbocycles. The van der Waals surface area contributed by atoms with Gasteiger partial charge in [0, 0.05) is 0 Å². The van der Waals surface area contributed by atoms with Gasteiger partial charge >= 0.3 is 0 Å². The first-order valence-electron chi connectivity index (χ1n) is 9.23. The third kappa shape index (κ3) is 9.65. The summed E-state index contributed by atoms with van der Waals surface area (Å²) in [5.41, 5.74) is 1.40. The van der Waals surface area contributed by atoms with Crippen LogP contribution in [0.5, 0.6) is 5.75 Å². The quantitative estimate of drug-likeness (QED) is 0.290. The van der Waals surface area contributed by atoms with Gasteiger partial charge in [-0.2, -0.15) is 0 Å². The molecular weight excluding hydrogens is 268 g/mol. The fourth-order valence-corrected chi connectivity index (χ4v) is 2.57. The van der Waals surface area contributed by atoms with Crippen molar-refractivity contribution in [3.05, 3.63) is 42.0 Å². The van der Waals surface area contributed by atoms with Crippen molar-refractivity contribution in [3.8, 4) is 5.75 Å². The molecule has 1 aromatic rings. The van der Waals surface area contributed by atoms with Crippen LogP contribution < -0.4 is 4.74 Å². The Hall–Kier alpha value is -1.24. The van der Waals surface area contributed by atoms with Crippen LogP contribution in [0, 0.1) is 0 Å². The second-order valence-electron chi connectivity index (χ2n) is 6.09. The van der Waals surface area contributed by atoms with E-state index in [1.165, 1.54) is 69.8 Å². The van der Waals surface area contributed by atoms with Crippen LogP contribution in [0.2, 0.25) is 0 Å². The van der Waals surface area contributed by atoms with Crippen LogP contribution in [0.15, 0.2) is 36.4 Å². The first-order valence-corrected chi connectivity index (χ1v) is 9.23. The summed E-state index contributed by atoms with van der Waals surface area (Å²) >= 11 is 0. The van der Waals surface area contributed by atoms with Crippen LogP contribution in [0.4, 0.5) is 0 Å². The molecule has 0 bridgehead atoms. The van der Waals surface area contributed by atoms with Crippen LogP contribution in [0.1, 0.15) is 77.2 Å². The van der Waals surface area contributed by atoms with Gasteiger partial charge < -0.3 is 4.74 Å².